The Hall–Kier alpha value is -3.56. The van der Waals surface area contributed by atoms with Crippen molar-refractivity contribution >= 4 is 67.4 Å². The van der Waals surface area contributed by atoms with Gasteiger partial charge in [-0.3, -0.25) is 4.79 Å². The minimum atomic E-state index is -0.590. The van der Waals surface area contributed by atoms with Crippen LogP contribution in [0.15, 0.2) is 80.3 Å². The molecule has 0 saturated heterocycles. The van der Waals surface area contributed by atoms with E-state index in [2.05, 4.69) is 42.2 Å². The summed E-state index contributed by atoms with van der Waals surface area (Å²) >= 11 is 6.86. The molecule has 0 spiro atoms. The number of benzene rings is 3. The number of nitrogens with one attached hydrogen (secondary N) is 1. The summed E-state index contributed by atoms with van der Waals surface area (Å²) in [6, 6.07) is 17.3. The number of halogens is 2. The zero-order chi connectivity index (χ0) is 25.1. The lowest BCUT2D eigenvalue weighted by Crippen LogP contribution is -2.09. The van der Waals surface area contributed by atoms with Crippen LogP contribution in [0.3, 0.4) is 0 Å². The monoisotopic (exact) mass is 596 g/mol. The molecule has 1 aliphatic heterocycles. The molecular formula is C26H18Br2N2O5. The number of rotatable bonds is 5. The van der Waals surface area contributed by atoms with Gasteiger partial charge in [0.15, 0.2) is 11.4 Å². The van der Waals surface area contributed by atoms with Crippen molar-refractivity contribution in [2.75, 3.05) is 5.32 Å². The lowest BCUT2D eigenvalue weighted by atomic mass is 10.1. The van der Waals surface area contributed by atoms with E-state index in [1.807, 2.05) is 13.0 Å². The highest BCUT2D eigenvalue weighted by atomic mass is 79.9. The maximum Gasteiger partial charge on any atom is 0.363 e. The highest BCUT2D eigenvalue weighted by Gasteiger charge is 2.24. The van der Waals surface area contributed by atoms with Gasteiger partial charge < -0.3 is 14.8 Å². The van der Waals surface area contributed by atoms with Crippen LogP contribution in [0, 0.1) is 6.92 Å². The van der Waals surface area contributed by atoms with Crippen molar-refractivity contribution in [3.63, 3.8) is 0 Å². The Labute approximate surface area is 218 Å². The van der Waals surface area contributed by atoms with E-state index in [9.17, 15) is 14.4 Å². The van der Waals surface area contributed by atoms with E-state index >= 15 is 0 Å². The van der Waals surface area contributed by atoms with E-state index in [4.69, 9.17) is 9.47 Å². The van der Waals surface area contributed by atoms with Gasteiger partial charge in [-0.05, 0) is 99.0 Å². The largest absolute Gasteiger partial charge is 0.421 e. The van der Waals surface area contributed by atoms with Gasteiger partial charge in [0.05, 0.1) is 14.5 Å². The van der Waals surface area contributed by atoms with Crippen molar-refractivity contribution in [2.24, 2.45) is 4.99 Å². The molecule has 1 heterocycles. The molecule has 3 aromatic rings. The number of ether oxygens (including phenoxy) is 2. The minimum absolute atomic E-state index is 0.120. The molecular weight excluding hydrogens is 580 g/mol. The summed E-state index contributed by atoms with van der Waals surface area (Å²) in [5.74, 6) is -0.776. The molecule has 0 aliphatic carbocycles. The Bertz CT molecular complexity index is 1390. The van der Waals surface area contributed by atoms with Gasteiger partial charge in [-0.15, -0.1) is 0 Å². The third-order valence-corrected chi connectivity index (χ3v) is 6.02. The van der Waals surface area contributed by atoms with Crippen molar-refractivity contribution in [1.29, 1.82) is 0 Å². The Morgan fingerprint density at radius 1 is 1.03 bits per heavy atom. The fourth-order valence-electron chi connectivity index (χ4n) is 3.27. The van der Waals surface area contributed by atoms with Crippen molar-refractivity contribution in [3.8, 4) is 5.75 Å². The molecule has 0 fully saturated rings. The maximum absolute atomic E-state index is 12.5. The van der Waals surface area contributed by atoms with Gasteiger partial charge in [-0.1, -0.05) is 17.7 Å². The predicted molar refractivity (Wildman–Crippen MR) is 139 cm³/mol. The second-order valence-electron chi connectivity index (χ2n) is 7.67. The number of nitrogens with zero attached hydrogens (tertiary/aromatic N) is 1. The van der Waals surface area contributed by atoms with Gasteiger partial charge in [-0.2, -0.15) is 0 Å². The summed E-state index contributed by atoms with van der Waals surface area (Å²) < 4.78 is 11.9. The van der Waals surface area contributed by atoms with Crippen LogP contribution in [0.1, 0.15) is 34.0 Å². The van der Waals surface area contributed by atoms with E-state index in [1.165, 1.54) is 6.92 Å². The Morgan fingerprint density at radius 3 is 2.34 bits per heavy atom. The maximum atomic E-state index is 12.5. The molecule has 1 N–H and O–H groups in total. The SMILES string of the molecule is CC(=O)Nc1ccc(C2=N/C(=C\c3cc(Br)c(OC(=O)c4cccc(C)c4)c(Br)c3)C(=O)O2)cc1. The summed E-state index contributed by atoms with van der Waals surface area (Å²) in [6.07, 6.45) is 1.57. The van der Waals surface area contributed by atoms with E-state index < -0.39 is 11.9 Å². The average Bonchev–Trinajstić information content (AvgIpc) is 3.16. The first-order chi connectivity index (χ1) is 16.7. The van der Waals surface area contributed by atoms with Crippen molar-refractivity contribution in [2.45, 2.75) is 13.8 Å². The van der Waals surface area contributed by atoms with Crippen LogP contribution in [0.2, 0.25) is 0 Å². The van der Waals surface area contributed by atoms with Crippen LogP contribution in [0.4, 0.5) is 5.69 Å². The molecule has 0 unspecified atom stereocenters. The molecule has 0 bridgehead atoms. The first-order valence-electron chi connectivity index (χ1n) is 10.4. The average molecular weight is 598 g/mol. The zero-order valence-corrected chi connectivity index (χ0v) is 21.8. The van der Waals surface area contributed by atoms with E-state index in [0.717, 1.165) is 5.56 Å². The number of carbonyl (C=O) groups is 3. The summed E-state index contributed by atoms with van der Waals surface area (Å²) in [4.78, 5) is 40.4. The standard InChI is InChI=1S/C26H18Br2N2O5/c1-14-4-3-5-18(10-14)25(32)34-23-20(27)11-16(12-21(23)28)13-22-26(33)35-24(30-22)17-6-8-19(9-7-17)29-15(2)31/h3-13H,1-2H3,(H,29,31)/b22-13-. The molecule has 176 valence electrons. The molecule has 9 heteroatoms. The van der Waals surface area contributed by atoms with Gasteiger partial charge in [0.25, 0.3) is 0 Å². The van der Waals surface area contributed by atoms with Gasteiger partial charge in [0.1, 0.15) is 0 Å². The van der Waals surface area contributed by atoms with Gasteiger partial charge in [-0.25, -0.2) is 14.6 Å². The molecule has 0 atom stereocenters. The number of cyclic esters (lactones) is 1. The summed E-state index contributed by atoms with van der Waals surface area (Å²) in [7, 11) is 0. The molecule has 4 rings (SSSR count). The van der Waals surface area contributed by atoms with E-state index in [0.29, 0.717) is 37.1 Å². The highest BCUT2D eigenvalue weighted by molar-refractivity contribution is 9.11. The molecule has 0 saturated carbocycles. The highest BCUT2D eigenvalue weighted by Crippen LogP contribution is 2.36. The fourth-order valence-corrected chi connectivity index (χ4v) is 4.66. The number of anilines is 1. The second kappa shape index (κ2) is 10.4. The smallest absolute Gasteiger partial charge is 0.363 e. The molecule has 1 amide bonds. The van der Waals surface area contributed by atoms with Gasteiger partial charge in [0, 0.05) is 18.2 Å². The fraction of sp³-hybridized carbons (Fsp3) is 0.0769. The van der Waals surface area contributed by atoms with Crippen molar-refractivity contribution < 1.29 is 23.9 Å². The molecule has 1 aliphatic rings. The van der Waals surface area contributed by atoms with E-state index in [-0.39, 0.29) is 17.5 Å². The molecule has 0 aromatic heterocycles. The first kappa shape index (κ1) is 24.6. The number of amides is 1. The van der Waals surface area contributed by atoms with Crippen LogP contribution in [0.25, 0.3) is 6.08 Å². The second-order valence-corrected chi connectivity index (χ2v) is 9.38. The number of aryl methyl sites for hydroxylation is 1. The molecule has 7 nitrogen and oxygen atoms in total. The predicted octanol–water partition coefficient (Wildman–Crippen LogP) is 6.04. The number of hydrogen-bond donors (Lipinski definition) is 1. The van der Waals surface area contributed by atoms with Crippen molar-refractivity contribution in [1.82, 2.24) is 0 Å². The molecule has 35 heavy (non-hydrogen) atoms. The lowest BCUT2D eigenvalue weighted by Gasteiger charge is -2.10. The zero-order valence-electron chi connectivity index (χ0n) is 18.6. The third-order valence-electron chi connectivity index (χ3n) is 4.85. The quantitative estimate of drug-likeness (QED) is 0.220. The van der Waals surface area contributed by atoms with Gasteiger partial charge >= 0.3 is 11.9 Å². The lowest BCUT2D eigenvalue weighted by molar-refractivity contribution is -0.129. The molecule has 3 aromatic carbocycles. The van der Waals surface area contributed by atoms with Crippen LogP contribution in [-0.4, -0.2) is 23.7 Å². The summed E-state index contributed by atoms with van der Waals surface area (Å²) in [5.41, 5.74) is 3.37. The Balaban J connectivity index is 1.55. The third kappa shape index (κ3) is 5.93. The first-order valence-corrected chi connectivity index (χ1v) is 12.0. The Kier molecular flexibility index (Phi) is 7.28. The minimum Gasteiger partial charge on any atom is -0.421 e. The van der Waals surface area contributed by atoms with Crippen LogP contribution >= 0.6 is 31.9 Å². The number of carbonyl (C=O) groups excluding carboxylic acids is 3. The van der Waals surface area contributed by atoms with E-state index in [1.54, 1.807) is 60.7 Å². The van der Waals surface area contributed by atoms with Crippen LogP contribution in [0.5, 0.6) is 5.75 Å². The summed E-state index contributed by atoms with van der Waals surface area (Å²) in [5, 5.41) is 2.67. The number of aliphatic imine (C=N–C) groups is 1. The summed E-state index contributed by atoms with van der Waals surface area (Å²) in [6.45, 7) is 3.32. The van der Waals surface area contributed by atoms with Crippen molar-refractivity contribution in [3.05, 3.63) is 97.6 Å². The normalized spacial score (nSPS) is 13.9. The van der Waals surface area contributed by atoms with Crippen LogP contribution < -0.4 is 10.1 Å². The Morgan fingerprint density at radius 2 is 1.71 bits per heavy atom. The molecule has 0 radical (unpaired) electrons. The topological polar surface area (TPSA) is 94.1 Å². The number of hydrogen-bond acceptors (Lipinski definition) is 6. The van der Waals surface area contributed by atoms with Crippen LogP contribution in [-0.2, 0) is 14.3 Å². The number of esters is 2. The van der Waals surface area contributed by atoms with Gasteiger partial charge in [0.2, 0.25) is 11.8 Å².